The Morgan fingerprint density at radius 1 is 1.19 bits per heavy atom. The number of nitrogens with zero attached hydrogens (tertiary/aromatic N) is 3. The van der Waals surface area contributed by atoms with E-state index in [2.05, 4.69) is 5.32 Å². The second-order valence-electron chi connectivity index (χ2n) is 10.1. The first-order valence-electron chi connectivity index (χ1n) is 12.3. The van der Waals surface area contributed by atoms with Crippen LogP contribution < -0.4 is 15.0 Å². The molecule has 3 aliphatic heterocycles. The number of sulfone groups is 1. The summed E-state index contributed by atoms with van der Waals surface area (Å²) in [4.78, 5) is 11.5. The summed E-state index contributed by atoms with van der Waals surface area (Å²) in [6.45, 7) is 1.67. The Hall–Kier alpha value is -2.86. The van der Waals surface area contributed by atoms with Crippen LogP contribution in [-0.4, -0.2) is 63.2 Å². The van der Waals surface area contributed by atoms with Crippen molar-refractivity contribution in [3.05, 3.63) is 53.3 Å². The van der Waals surface area contributed by atoms with Crippen LogP contribution in [0.1, 0.15) is 37.2 Å². The van der Waals surface area contributed by atoms with Crippen LogP contribution in [-0.2, 0) is 19.3 Å². The molecule has 1 N–H and O–H groups in total. The molecule has 12 heteroatoms. The lowest BCUT2D eigenvalue weighted by atomic mass is 9.80. The topological polar surface area (TPSA) is 93.7 Å². The predicted molar refractivity (Wildman–Crippen MR) is 130 cm³/mol. The Kier molecular flexibility index (Phi) is 5.68. The third-order valence-corrected chi connectivity index (χ3v) is 9.84. The van der Waals surface area contributed by atoms with Crippen molar-refractivity contribution in [2.75, 3.05) is 37.5 Å². The van der Waals surface area contributed by atoms with Crippen LogP contribution in [0.3, 0.4) is 0 Å². The number of alkyl halides is 3. The lowest BCUT2D eigenvalue weighted by Gasteiger charge is -2.44. The molecule has 0 amide bonds. The van der Waals surface area contributed by atoms with Gasteiger partial charge in [0.15, 0.2) is 27.2 Å². The van der Waals surface area contributed by atoms with Gasteiger partial charge >= 0.3 is 6.18 Å². The van der Waals surface area contributed by atoms with Gasteiger partial charge in [-0.25, -0.2) is 18.4 Å². The number of anilines is 1. The van der Waals surface area contributed by atoms with Gasteiger partial charge in [-0.2, -0.15) is 13.2 Å². The van der Waals surface area contributed by atoms with E-state index in [4.69, 9.17) is 19.4 Å². The van der Waals surface area contributed by atoms with E-state index < -0.39 is 32.3 Å². The molecule has 1 aromatic rings. The zero-order chi connectivity index (χ0) is 26.0. The molecule has 2 bridgehead atoms. The number of hydrogen-bond acceptors (Lipinski definition) is 8. The molecule has 1 saturated heterocycles. The molecular formula is C25H27F3N4O4S. The second kappa shape index (κ2) is 8.59. The molecule has 37 heavy (non-hydrogen) atoms. The van der Waals surface area contributed by atoms with E-state index in [-0.39, 0.29) is 29.7 Å². The third-order valence-electron chi connectivity index (χ3n) is 7.82. The maximum atomic E-state index is 14.0. The monoisotopic (exact) mass is 536 g/mol. The van der Waals surface area contributed by atoms with E-state index in [0.29, 0.717) is 62.7 Å². The van der Waals surface area contributed by atoms with Gasteiger partial charge in [-0.1, -0.05) is 12.2 Å². The largest absolute Gasteiger partial charge is 0.486 e. The standard InChI is InChI=1S/C25H27F3N4O4S/c1-37(33,34)24(5-3-6-24)21-20-23(32-8-9-35-13-18(32)14-36-20)31-22(30-21)19-12-16(25(26,27)28)11-17-10-15(19)4-2-7-29-17/h2,7,10-12,15,18,29H,3-6,8-9,13-14H2,1H3/t15?,18-/m0/s1. The van der Waals surface area contributed by atoms with Crippen LogP contribution >= 0.6 is 0 Å². The Morgan fingerprint density at radius 3 is 2.70 bits per heavy atom. The number of ether oxygens (including phenoxy) is 2. The smallest absolute Gasteiger partial charge is 0.416 e. The molecule has 0 radical (unpaired) electrons. The fourth-order valence-electron chi connectivity index (χ4n) is 5.62. The zero-order valence-corrected chi connectivity index (χ0v) is 21.0. The molecule has 1 unspecified atom stereocenters. The van der Waals surface area contributed by atoms with Crippen LogP contribution in [0.4, 0.5) is 19.0 Å². The van der Waals surface area contributed by atoms with Gasteiger partial charge in [0.05, 0.1) is 24.8 Å². The second-order valence-corrected chi connectivity index (χ2v) is 12.4. The number of nitrogens with one attached hydrogen (secondary N) is 1. The minimum atomic E-state index is -4.60. The highest BCUT2D eigenvalue weighted by Gasteiger charge is 2.53. The predicted octanol–water partition coefficient (Wildman–Crippen LogP) is 3.39. The van der Waals surface area contributed by atoms with Crippen LogP contribution in [0, 0.1) is 5.92 Å². The number of morpholine rings is 1. The van der Waals surface area contributed by atoms with Crippen molar-refractivity contribution in [1.82, 2.24) is 15.3 Å². The lowest BCUT2D eigenvalue weighted by Crippen LogP contribution is -2.52. The van der Waals surface area contributed by atoms with Crippen LogP contribution in [0.25, 0.3) is 5.57 Å². The van der Waals surface area contributed by atoms with Gasteiger partial charge < -0.3 is 19.7 Å². The number of hydrogen-bond donors (Lipinski definition) is 1. The highest BCUT2D eigenvalue weighted by molar-refractivity contribution is 7.91. The molecule has 2 fully saturated rings. The van der Waals surface area contributed by atoms with Crippen molar-refractivity contribution < 1.29 is 31.1 Å². The van der Waals surface area contributed by atoms with Gasteiger partial charge in [0.25, 0.3) is 0 Å². The minimum absolute atomic E-state index is 0.0902. The summed E-state index contributed by atoms with van der Waals surface area (Å²) in [5.74, 6) is 0.381. The van der Waals surface area contributed by atoms with Crippen molar-refractivity contribution >= 4 is 21.2 Å². The molecule has 1 aromatic heterocycles. The zero-order valence-electron chi connectivity index (χ0n) is 20.2. The third kappa shape index (κ3) is 4.04. The molecule has 2 atom stereocenters. The first kappa shape index (κ1) is 24.5. The number of aromatic nitrogens is 2. The molecule has 198 valence electrons. The molecule has 2 aliphatic carbocycles. The summed E-state index contributed by atoms with van der Waals surface area (Å²) < 4.78 is 78.6. The summed E-state index contributed by atoms with van der Waals surface area (Å²) in [5, 5.41) is 2.90. The van der Waals surface area contributed by atoms with Gasteiger partial charge in [-0.05, 0) is 44.0 Å². The summed E-state index contributed by atoms with van der Waals surface area (Å²) in [7, 11) is -3.61. The SMILES string of the molecule is CS(=O)(=O)C1(c2nc(C3=CC(C(F)(F)F)=CC4=CC3CC=CN4)nc3c2OC[C@@H]2COCCN32)CCC1. The van der Waals surface area contributed by atoms with Gasteiger partial charge in [0.2, 0.25) is 0 Å². The highest BCUT2D eigenvalue weighted by Crippen LogP contribution is 2.53. The Balaban J connectivity index is 1.59. The molecule has 8 nitrogen and oxygen atoms in total. The van der Waals surface area contributed by atoms with Crippen molar-refractivity contribution in [2.45, 2.75) is 42.6 Å². The molecule has 0 spiro atoms. The van der Waals surface area contributed by atoms with Crippen LogP contribution in [0.2, 0.25) is 0 Å². The number of halogens is 3. The van der Waals surface area contributed by atoms with E-state index in [0.717, 1.165) is 12.2 Å². The van der Waals surface area contributed by atoms with Gasteiger partial charge in [0, 0.05) is 30.0 Å². The Morgan fingerprint density at radius 2 is 2.00 bits per heavy atom. The Bertz CT molecular complexity index is 1360. The fraction of sp³-hybridized carbons (Fsp3) is 0.520. The van der Waals surface area contributed by atoms with E-state index >= 15 is 0 Å². The number of fused-ring (bicyclic) bond motifs is 4. The van der Waals surface area contributed by atoms with Gasteiger partial charge in [0.1, 0.15) is 17.0 Å². The minimum Gasteiger partial charge on any atom is -0.486 e. The Labute approximate surface area is 212 Å². The average molecular weight is 537 g/mol. The molecule has 5 aliphatic rings. The molecular weight excluding hydrogens is 509 g/mol. The van der Waals surface area contributed by atoms with Crippen molar-refractivity contribution in [1.29, 1.82) is 0 Å². The van der Waals surface area contributed by atoms with E-state index in [1.165, 1.54) is 6.26 Å². The van der Waals surface area contributed by atoms with Gasteiger partial charge in [-0.15, -0.1) is 0 Å². The van der Waals surface area contributed by atoms with Crippen LogP contribution in [0.15, 0.2) is 41.8 Å². The van der Waals surface area contributed by atoms with Crippen molar-refractivity contribution in [3.8, 4) is 5.75 Å². The highest BCUT2D eigenvalue weighted by atomic mass is 32.2. The summed E-state index contributed by atoms with van der Waals surface area (Å²) in [6.07, 6.45) is 5.84. The maximum Gasteiger partial charge on any atom is 0.416 e. The van der Waals surface area contributed by atoms with Gasteiger partial charge in [-0.3, -0.25) is 0 Å². The van der Waals surface area contributed by atoms with E-state index in [9.17, 15) is 21.6 Å². The fourth-order valence-corrected chi connectivity index (χ4v) is 7.14. The number of allylic oxidation sites excluding steroid dienone is 6. The maximum absolute atomic E-state index is 14.0. The average Bonchev–Trinajstić information content (AvgIpc) is 3.15. The normalized spacial score (nSPS) is 26.6. The summed E-state index contributed by atoms with van der Waals surface area (Å²) >= 11 is 0. The first-order valence-corrected chi connectivity index (χ1v) is 14.2. The number of rotatable bonds is 3. The summed E-state index contributed by atoms with van der Waals surface area (Å²) in [5.41, 5.74) is 0.0391. The van der Waals surface area contributed by atoms with E-state index in [1.54, 1.807) is 12.3 Å². The molecule has 6 rings (SSSR count). The van der Waals surface area contributed by atoms with Crippen molar-refractivity contribution in [3.63, 3.8) is 0 Å². The quantitative estimate of drug-likeness (QED) is 0.629. The van der Waals surface area contributed by atoms with Crippen molar-refractivity contribution in [2.24, 2.45) is 5.92 Å². The molecule has 0 aromatic carbocycles. The lowest BCUT2D eigenvalue weighted by molar-refractivity contribution is -0.0882. The summed E-state index contributed by atoms with van der Waals surface area (Å²) in [6, 6.07) is -0.127. The van der Waals surface area contributed by atoms with Crippen LogP contribution in [0.5, 0.6) is 5.75 Å². The van der Waals surface area contributed by atoms with E-state index in [1.807, 2.05) is 11.0 Å². The molecule has 1 saturated carbocycles. The molecule has 4 heterocycles. The first-order chi connectivity index (χ1) is 17.6.